The van der Waals surface area contributed by atoms with Gasteiger partial charge in [-0.05, 0) is 30.7 Å². The first-order valence-corrected chi connectivity index (χ1v) is 7.16. The van der Waals surface area contributed by atoms with Gasteiger partial charge < -0.3 is 10.5 Å². The molecule has 0 saturated heterocycles. The van der Waals surface area contributed by atoms with E-state index in [1.807, 2.05) is 19.1 Å². The highest BCUT2D eigenvalue weighted by molar-refractivity contribution is 9.10. The van der Waals surface area contributed by atoms with E-state index in [0.29, 0.717) is 17.9 Å². The van der Waals surface area contributed by atoms with Crippen LogP contribution in [0.25, 0.3) is 0 Å². The first kappa shape index (κ1) is 15.5. The van der Waals surface area contributed by atoms with Crippen molar-refractivity contribution in [2.24, 2.45) is 5.73 Å². The molecule has 21 heavy (non-hydrogen) atoms. The SMILES string of the molecule is Cc1cc(Br)cc(CN)c1OCc1ccccc1[N+](=O)[O-]. The third-order valence-corrected chi connectivity index (χ3v) is 3.55. The maximum absolute atomic E-state index is 11.0. The number of benzene rings is 2. The number of nitrogens with zero attached hydrogens (tertiary/aromatic N) is 1. The standard InChI is InChI=1S/C15H15BrN2O3/c1-10-6-13(16)7-12(8-17)15(10)21-9-11-4-2-3-5-14(11)18(19)20/h2-7H,8-9,17H2,1H3. The summed E-state index contributed by atoms with van der Waals surface area (Å²) in [7, 11) is 0. The van der Waals surface area contributed by atoms with Crippen LogP contribution in [-0.4, -0.2) is 4.92 Å². The molecule has 0 bridgehead atoms. The molecule has 0 unspecified atom stereocenters. The number of nitro groups is 1. The second kappa shape index (κ2) is 6.69. The summed E-state index contributed by atoms with van der Waals surface area (Å²) in [6, 6.07) is 10.4. The number of hydrogen-bond donors (Lipinski definition) is 1. The smallest absolute Gasteiger partial charge is 0.276 e. The Morgan fingerprint density at radius 2 is 2.00 bits per heavy atom. The maximum atomic E-state index is 11.0. The fourth-order valence-corrected chi connectivity index (χ4v) is 2.74. The highest BCUT2D eigenvalue weighted by Gasteiger charge is 2.14. The molecule has 0 aliphatic carbocycles. The van der Waals surface area contributed by atoms with Crippen LogP contribution in [0.15, 0.2) is 40.9 Å². The molecule has 0 saturated carbocycles. The van der Waals surface area contributed by atoms with Gasteiger partial charge in [0.15, 0.2) is 0 Å². The zero-order chi connectivity index (χ0) is 15.4. The number of para-hydroxylation sites is 1. The van der Waals surface area contributed by atoms with Crippen molar-refractivity contribution in [1.29, 1.82) is 0 Å². The quantitative estimate of drug-likeness (QED) is 0.658. The zero-order valence-corrected chi connectivity index (χ0v) is 13.1. The summed E-state index contributed by atoms with van der Waals surface area (Å²) < 4.78 is 6.71. The van der Waals surface area contributed by atoms with Gasteiger partial charge in [0.05, 0.1) is 10.5 Å². The number of rotatable bonds is 5. The van der Waals surface area contributed by atoms with Crippen LogP contribution in [0.4, 0.5) is 5.69 Å². The summed E-state index contributed by atoms with van der Waals surface area (Å²) in [5.41, 5.74) is 8.11. The molecule has 2 rings (SSSR count). The largest absolute Gasteiger partial charge is 0.488 e. The van der Waals surface area contributed by atoms with Gasteiger partial charge in [0.1, 0.15) is 12.4 Å². The van der Waals surface area contributed by atoms with Gasteiger partial charge in [-0.2, -0.15) is 0 Å². The molecule has 2 N–H and O–H groups in total. The molecule has 0 aromatic heterocycles. The maximum Gasteiger partial charge on any atom is 0.276 e. The Balaban J connectivity index is 2.27. The van der Waals surface area contributed by atoms with E-state index >= 15 is 0 Å². The highest BCUT2D eigenvalue weighted by Crippen LogP contribution is 2.29. The van der Waals surface area contributed by atoms with Crippen LogP contribution in [0.1, 0.15) is 16.7 Å². The topological polar surface area (TPSA) is 78.4 Å². The lowest BCUT2D eigenvalue weighted by atomic mass is 10.1. The number of nitrogens with two attached hydrogens (primary N) is 1. The summed E-state index contributed by atoms with van der Waals surface area (Å²) in [6.07, 6.45) is 0. The Morgan fingerprint density at radius 1 is 1.29 bits per heavy atom. The van der Waals surface area contributed by atoms with E-state index < -0.39 is 4.92 Å². The average Bonchev–Trinajstić information content (AvgIpc) is 2.45. The lowest BCUT2D eigenvalue weighted by Gasteiger charge is -2.14. The van der Waals surface area contributed by atoms with E-state index in [1.54, 1.807) is 18.2 Å². The van der Waals surface area contributed by atoms with E-state index in [4.69, 9.17) is 10.5 Å². The molecule has 0 spiro atoms. The van der Waals surface area contributed by atoms with E-state index in [1.165, 1.54) is 6.07 Å². The molecule has 0 radical (unpaired) electrons. The molecule has 0 amide bonds. The fraction of sp³-hybridized carbons (Fsp3) is 0.200. The fourth-order valence-electron chi connectivity index (χ4n) is 2.12. The van der Waals surface area contributed by atoms with Gasteiger partial charge in [-0.1, -0.05) is 28.1 Å². The van der Waals surface area contributed by atoms with Crippen molar-refractivity contribution >= 4 is 21.6 Å². The molecule has 110 valence electrons. The van der Waals surface area contributed by atoms with Crippen LogP contribution < -0.4 is 10.5 Å². The van der Waals surface area contributed by atoms with Crippen LogP contribution in [0.2, 0.25) is 0 Å². The summed E-state index contributed by atoms with van der Waals surface area (Å²) in [5.74, 6) is 0.679. The van der Waals surface area contributed by atoms with Crippen molar-refractivity contribution < 1.29 is 9.66 Å². The Bertz CT molecular complexity index is 674. The molecule has 0 aliphatic heterocycles. The minimum Gasteiger partial charge on any atom is -0.488 e. The number of aryl methyl sites for hydroxylation is 1. The van der Waals surface area contributed by atoms with Gasteiger partial charge in [0.2, 0.25) is 0 Å². The average molecular weight is 351 g/mol. The molecule has 2 aromatic rings. The van der Waals surface area contributed by atoms with Gasteiger partial charge >= 0.3 is 0 Å². The lowest BCUT2D eigenvalue weighted by Crippen LogP contribution is -2.06. The Hall–Kier alpha value is -1.92. The van der Waals surface area contributed by atoms with Crippen LogP contribution in [0.3, 0.4) is 0 Å². The first-order chi connectivity index (χ1) is 10.0. The lowest BCUT2D eigenvalue weighted by molar-refractivity contribution is -0.385. The molecular weight excluding hydrogens is 336 g/mol. The van der Waals surface area contributed by atoms with E-state index in [0.717, 1.165) is 15.6 Å². The minimum atomic E-state index is -0.406. The van der Waals surface area contributed by atoms with Crippen molar-refractivity contribution in [2.75, 3.05) is 0 Å². The van der Waals surface area contributed by atoms with Gasteiger partial charge in [-0.3, -0.25) is 10.1 Å². The Morgan fingerprint density at radius 3 is 2.67 bits per heavy atom. The Labute approximate surface area is 131 Å². The molecule has 6 heteroatoms. The number of hydrogen-bond acceptors (Lipinski definition) is 4. The summed E-state index contributed by atoms with van der Waals surface area (Å²) in [4.78, 5) is 10.6. The monoisotopic (exact) mass is 350 g/mol. The van der Waals surface area contributed by atoms with Crippen molar-refractivity contribution in [3.05, 3.63) is 67.7 Å². The molecule has 0 atom stereocenters. The summed E-state index contributed by atoms with van der Waals surface area (Å²) in [6.45, 7) is 2.39. The molecule has 0 fully saturated rings. The van der Waals surface area contributed by atoms with Crippen LogP contribution >= 0.6 is 15.9 Å². The number of nitro benzene ring substituents is 1. The summed E-state index contributed by atoms with van der Waals surface area (Å²) in [5, 5.41) is 11.0. The van der Waals surface area contributed by atoms with Crippen LogP contribution in [0, 0.1) is 17.0 Å². The van der Waals surface area contributed by atoms with Gasteiger partial charge in [0, 0.05) is 22.6 Å². The minimum absolute atomic E-state index is 0.0570. The normalized spacial score (nSPS) is 10.4. The molecule has 5 nitrogen and oxygen atoms in total. The second-order valence-electron chi connectivity index (χ2n) is 4.59. The molecule has 0 heterocycles. The molecular formula is C15H15BrN2O3. The van der Waals surface area contributed by atoms with Crippen molar-refractivity contribution in [3.8, 4) is 5.75 Å². The van der Waals surface area contributed by atoms with E-state index in [2.05, 4.69) is 15.9 Å². The van der Waals surface area contributed by atoms with Crippen LogP contribution in [0.5, 0.6) is 5.75 Å². The van der Waals surface area contributed by atoms with Crippen LogP contribution in [-0.2, 0) is 13.2 Å². The third-order valence-electron chi connectivity index (χ3n) is 3.10. The van der Waals surface area contributed by atoms with Crippen molar-refractivity contribution in [3.63, 3.8) is 0 Å². The van der Waals surface area contributed by atoms with E-state index in [9.17, 15) is 10.1 Å². The van der Waals surface area contributed by atoms with Crippen molar-refractivity contribution in [1.82, 2.24) is 0 Å². The first-order valence-electron chi connectivity index (χ1n) is 6.37. The van der Waals surface area contributed by atoms with E-state index in [-0.39, 0.29) is 12.3 Å². The van der Waals surface area contributed by atoms with Gasteiger partial charge in [0.25, 0.3) is 5.69 Å². The van der Waals surface area contributed by atoms with Crippen molar-refractivity contribution in [2.45, 2.75) is 20.1 Å². The predicted molar refractivity (Wildman–Crippen MR) is 84.2 cm³/mol. The third kappa shape index (κ3) is 3.59. The highest BCUT2D eigenvalue weighted by atomic mass is 79.9. The summed E-state index contributed by atoms with van der Waals surface area (Å²) >= 11 is 3.41. The van der Waals surface area contributed by atoms with Gasteiger partial charge in [-0.25, -0.2) is 0 Å². The second-order valence-corrected chi connectivity index (χ2v) is 5.51. The number of ether oxygens (including phenoxy) is 1. The number of halogens is 1. The zero-order valence-electron chi connectivity index (χ0n) is 11.5. The van der Waals surface area contributed by atoms with Gasteiger partial charge in [-0.15, -0.1) is 0 Å². The Kier molecular flexibility index (Phi) is 4.93. The molecule has 2 aromatic carbocycles. The predicted octanol–water partition coefficient (Wildman–Crippen LogP) is 3.70. The molecule has 0 aliphatic rings.